The molecular formula is C20H26ClN3O2S. The second-order valence-corrected chi connectivity index (χ2v) is 9.27. The van der Waals surface area contributed by atoms with Crippen molar-refractivity contribution in [3.63, 3.8) is 0 Å². The van der Waals surface area contributed by atoms with Gasteiger partial charge in [-0.25, -0.2) is 13.4 Å². The van der Waals surface area contributed by atoms with Crippen LogP contribution in [0.2, 0.25) is 5.02 Å². The zero-order chi connectivity index (χ0) is 19.4. The van der Waals surface area contributed by atoms with Crippen LogP contribution in [0.5, 0.6) is 0 Å². The molecule has 1 heterocycles. The van der Waals surface area contributed by atoms with Gasteiger partial charge in [0.15, 0.2) is 0 Å². The summed E-state index contributed by atoms with van der Waals surface area (Å²) in [5.74, 6) is 0.356. The number of nitrogens with one attached hydrogen (secondary N) is 2. The summed E-state index contributed by atoms with van der Waals surface area (Å²) in [7, 11) is -3.65. The van der Waals surface area contributed by atoms with Crippen molar-refractivity contribution in [2.24, 2.45) is 0 Å². The molecule has 5 nitrogen and oxygen atoms in total. The highest BCUT2D eigenvalue weighted by Crippen LogP contribution is 2.28. The second kappa shape index (κ2) is 8.50. The first-order valence-electron chi connectivity index (χ1n) is 9.29. The van der Waals surface area contributed by atoms with Gasteiger partial charge in [-0.3, -0.25) is 4.72 Å². The summed E-state index contributed by atoms with van der Waals surface area (Å²) in [5, 5.41) is 2.68. The second-order valence-electron chi connectivity index (χ2n) is 7.18. The van der Waals surface area contributed by atoms with Gasteiger partial charge in [0.1, 0.15) is 0 Å². The summed E-state index contributed by atoms with van der Waals surface area (Å²) >= 11 is 6.28. The maximum Gasteiger partial charge on any atom is 0.261 e. The normalized spacial score (nSPS) is 15.7. The Hall–Kier alpha value is -1.76. The van der Waals surface area contributed by atoms with Gasteiger partial charge in [-0.1, -0.05) is 44.0 Å². The van der Waals surface area contributed by atoms with Gasteiger partial charge in [0.25, 0.3) is 10.0 Å². The number of piperidine rings is 1. The first-order valence-corrected chi connectivity index (χ1v) is 11.2. The van der Waals surface area contributed by atoms with Crippen molar-refractivity contribution < 1.29 is 8.42 Å². The van der Waals surface area contributed by atoms with E-state index in [4.69, 9.17) is 11.6 Å². The predicted molar refractivity (Wildman–Crippen MR) is 112 cm³/mol. The summed E-state index contributed by atoms with van der Waals surface area (Å²) in [4.78, 5) is 0.243. The van der Waals surface area contributed by atoms with Gasteiger partial charge in [-0.2, -0.15) is 0 Å². The molecule has 27 heavy (non-hydrogen) atoms. The molecule has 0 atom stereocenters. The maximum absolute atomic E-state index is 12.7. The quantitative estimate of drug-likeness (QED) is 0.701. The van der Waals surface area contributed by atoms with E-state index >= 15 is 0 Å². The van der Waals surface area contributed by atoms with Crippen LogP contribution >= 0.6 is 11.6 Å². The molecule has 0 saturated carbocycles. The highest BCUT2D eigenvalue weighted by atomic mass is 35.5. The van der Waals surface area contributed by atoms with E-state index < -0.39 is 10.0 Å². The Balaban J connectivity index is 1.76. The molecule has 3 rings (SSSR count). The monoisotopic (exact) mass is 407 g/mol. The molecule has 2 N–H and O–H groups in total. The number of hydrogen-bond donors (Lipinski definition) is 2. The predicted octanol–water partition coefficient (Wildman–Crippen LogP) is 5.08. The lowest BCUT2D eigenvalue weighted by Crippen LogP contribution is -2.34. The lowest BCUT2D eigenvalue weighted by atomic mass is 10.0. The Morgan fingerprint density at radius 2 is 1.67 bits per heavy atom. The molecule has 0 aliphatic carbocycles. The summed E-state index contributed by atoms with van der Waals surface area (Å²) < 4.78 is 28.0. The van der Waals surface area contributed by atoms with E-state index in [1.165, 1.54) is 6.42 Å². The van der Waals surface area contributed by atoms with Crippen LogP contribution in [0.3, 0.4) is 0 Å². The fraction of sp³-hybridized carbons (Fsp3) is 0.400. The molecule has 1 aliphatic heterocycles. The summed E-state index contributed by atoms with van der Waals surface area (Å²) in [6.07, 6.45) is 3.52. The maximum atomic E-state index is 12.7. The van der Waals surface area contributed by atoms with Gasteiger partial charge in [0.2, 0.25) is 0 Å². The van der Waals surface area contributed by atoms with Crippen LogP contribution in [-0.2, 0) is 10.0 Å². The van der Waals surface area contributed by atoms with E-state index in [0.717, 1.165) is 31.5 Å². The molecule has 0 radical (unpaired) electrons. The highest BCUT2D eigenvalue weighted by Gasteiger charge is 2.16. The SMILES string of the molecule is CC(C)c1ccc(S(=O)(=O)Nc2ccc(Cl)c(NN3CCCCC3)c2)cc1. The van der Waals surface area contributed by atoms with Gasteiger partial charge < -0.3 is 5.43 Å². The fourth-order valence-electron chi connectivity index (χ4n) is 3.10. The Bertz CT molecular complexity index is 877. The number of rotatable bonds is 6. The van der Waals surface area contributed by atoms with Crippen molar-refractivity contribution in [1.82, 2.24) is 5.01 Å². The average Bonchev–Trinajstić information content (AvgIpc) is 2.65. The van der Waals surface area contributed by atoms with Gasteiger partial charge >= 0.3 is 0 Å². The van der Waals surface area contributed by atoms with Crippen molar-refractivity contribution in [3.05, 3.63) is 53.1 Å². The molecule has 1 fully saturated rings. The van der Waals surface area contributed by atoms with Crippen molar-refractivity contribution in [1.29, 1.82) is 0 Å². The van der Waals surface area contributed by atoms with Crippen molar-refractivity contribution >= 4 is 33.0 Å². The molecule has 7 heteroatoms. The van der Waals surface area contributed by atoms with Crippen LogP contribution < -0.4 is 10.1 Å². The molecular weight excluding hydrogens is 382 g/mol. The minimum absolute atomic E-state index is 0.243. The smallest absolute Gasteiger partial charge is 0.261 e. The van der Waals surface area contributed by atoms with Crippen LogP contribution in [0.15, 0.2) is 47.4 Å². The highest BCUT2D eigenvalue weighted by molar-refractivity contribution is 7.92. The third-order valence-corrected chi connectivity index (χ3v) is 6.44. The molecule has 146 valence electrons. The summed E-state index contributed by atoms with van der Waals surface area (Å²) in [6.45, 7) is 6.06. The third-order valence-electron chi connectivity index (χ3n) is 4.71. The lowest BCUT2D eigenvalue weighted by molar-refractivity contribution is 0.273. The van der Waals surface area contributed by atoms with Crippen LogP contribution in [0.4, 0.5) is 11.4 Å². The van der Waals surface area contributed by atoms with Crippen LogP contribution in [0.1, 0.15) is 44.6 Å². The Kier molecular flexibility index (Phi) is 6.29. The fourth-order valence-corrected chi connectivity index (χ4v) is 4.31. The van der Waals surface area contributed by atoms with Crippen molar-refractivity contribution in [2.45, 2.75) is 43.9 Å². The summed E-state index contributed by atoms with van der Waals surface area (Å²) in [6, 6.07) is 12.1. The molecule has 1 saturated heterocycles. The van der Waals surface area contributed by atoms with E-state index in [1.807, 2.05) is 12.1 Å². The number of anilines is 2. The Morgan fingerprint density at radius 3 is 2.30 bits per heavy atom. The first kappa shape index (κ1) is 20.0. The number of sulfonamides is 1. The van der Waals surface area contributed by atoms with E-state index in [1.54, 1.807) is 30.3 Å². The van der Waals surface area contributed by atoms with E-state index in [9.17, 15) is 8.42 Å². The van der Waals surface area contributed by atoms with Crippen LogP contribution in [-0.4, -0.2) is 26.5 Å². The lowest BCUT2D eigenvalue weighted by Gasteiger charge is -2.28. The number of nitrogens with zero attached hydrogens (tertiary/aromatic N) is 1. The summed E-state index contributed by atoms with van der Waals surface area (Å²) in [5.41, 5.74) is 5.59. The standard InChI is InChI=1S/C20H26ClN3O2S/c1-15(2)16-6-9-18(10-7-16)27(25,26)23-17-8-11-19(21)20(14-17)22-24-12-4-3-5-13-24/h6-11,14-15,22-23H,3-5,12-13H2,1-2H3. The number of halogens is 1. The Morgan fingerprint density at radius 1 is 1.00 bits per heavy atom. The molecule has 2 aromatic rings. The molecule has 0 bridgehead atoms. The first-order chi connectivity index (χ1) is 12.8. The molecule has 0 amide bonds. The largest absolute Gasteiger partial charge is 0.317 e. The van der Waals surface area contributed by atoms with Crippen molar-refractivity contribution in [3.8, 4) is 0 Å². The average molecular weight is 408 g/mol. The van der Waals surface area contributed by atoms with Gasteiger partial charge in [-0.15, -0.1) is 0 Å². The van der Waals surface area contributed by atoms with Gasteiger partial charge in [-0.05, 0) is 54.7 Å². The third kappa shape index (κ3) is 5.15. The van der Waals surface area contributed by atoms with Gasteiger partial charge in [0.05, 0.1) is 21.3 Å². The van der Waals surface area contributed by atoms with Crippen LogP contribution in [0.25, 0.3) is 0 Å². The van der Waals surface area contributed by atoms with Crippen molar-refractivity contribution in [2.75, 3.05) is 23.2 Å². The molecule has 2 aromatic carbocycles. The van der Waals surface area contributed by atoms with E-state index in [-0.39, 0.29) is 4.90 Å². The number of benzene rings is 2. The molecule has 0 aromatic heterocycles. The van der Waals surface area contributed by atoms with Crippen LogP contribution in [0, 0.1) is 0 Å². The van der Waals surface area contributed by atoms with E-state index in [2.05, 4.69) is 29.0 Å². The topological polar surface area (TPSA) is 61.4 Å². The minimum Gasteiger partial charge on any atom is -0.317 e. The number of hydrogen-bond acceptors (Lipinski definition) is 4. The zero-order valence-electron chi connectivity index (χ0n) is 15.7. The van der Waals surface area contributed by atoms with Gasteiger partial charge in [0, 0.05) is 13.1 Å². The number of hydrazine groups is 1. The molecule has 0 unspecified atom stereocenters. The van der Waals surface area contributed by atoms with E-state index in [0.29, 0.717) is 22.3 Å². The zero-order valence-corrected chi connectivity index (χ0v) is 17.3. The molecule has 1 aliphatic rings. The Labute approximate surface area is 166 Å². The minimum atomic E-state index is -3.65. The molecule has 0 spiro atoms.